The lowest BCUT2D eigenvalue weighted by Crippen LogP contribution is -2.39. The van der Waals surface area contributed by atoms with Gasteiger partial charge in [0.25, 0.3) is 0 Å². The van der Waals surface area contributed by atoms with Crippen LogP contribution in [0.3, 0.4) is 0 Å². The first-order valence-corrected chi connectivity index (χ1v) is 7.87. The molecule has 2 heterocycles. The molecular formula is C17H18F3N5O. The Morgan fingerprint density at radius 1 is 1.46 bits per heavy atom. The van der Waals surface area contributed by atoms with Crippen molar-refractivity contribution < 1.29 is 18.0 Å². The number of fused-ring (bicyclic) bond motifs is 1. The molecule has 0 bridgehead atoms. The van der Waals surface area contributed by atoms with E-state index in [4.69, 9.17) is 5.26 Å². The van der Waals surface area contributed by atoms with Crippen LogP contribution in [0.25, 0.3) is 5.65 Å². The van der Waals surface area contributed by atoms with E-state index in [-0.39, 0.29) is 19.4 Å². The summed E-state index contributed by atoms with van der Waals surface area (Å²) in [4.78, 5) is 17.3. The molecule has 0 unspecified atom stereocenters. The average molecular weight is 365 g/mol. The highest BCUT2D eigenvalue weighted by molar-refractivity contribution is 5.76. The minimum atomic E-state index is -4.46. The number of alkyl halides is 3. The van der Waals surface area contributed by atoms with Gasteiger partial charge in [-0.3, -0.25) is 4.79 Å². The van der Waals surface area contributed by atoms with Gasteiger partial charge in [0.1, 0.15) is 18.2 Å². The maximum absolute atomic E-state index is 12.6. The van der Waals surface area contributed by atoms with Gasteiger partial charge in [-0.05, 0) is 25.8 Å². The molecule has 0 N–H and O–H groups in total. The van der Waals surface area contributed by atoms with Crippen LogP contribution in [0.5, 0.6) is 0 Å². The Balaban J connectivity index is 2.22. The van der Waals surface area contributed by atoms with E-state index < -0.39 is 18.6 Å². The van der Waals surface area contributed by atoms with E-state index in [1.807, 2.05) is 6.07 Å². The normalized spacial score (nSPS) is 11.4. The van der Waals surface area contributed by atoms with E-state index in [1.165, 1.54) is 16.8 Å². The maximum Gasteiger partial charge on any atom is 0.406 e. The van der Waals surface area contributed by atoms with Gasteiger partial charge in [0.15, 0.2) is 5.65 Å². The summed E-state index contributed by atoms with van der Waals surface area (Å²) >= 11 is 0. The predicted octanol–water partition coefficient (Wildman–Crippen LogP) is 2.73. The molecule has 26 heavy (non-hydrogen) atoms. The van der Waals surface area contributed by atoms with Gasteiger partial charge in [-0.2, -0.15) is 23.5 Å². The fourth-order valence-electron chi connectivity index (χ4n) is 2.77. The molecule has 2 aromatic heterocycles. The second kappa shape index (κ2) is 7.56. The number of halogens is 3. The smallest absolute Gasteiger partial charge is 0.330 e. The summed E-state index contributed by atoms with van der Waals surface area (Å²) in [6.07, 6.45) is -1.66. The van der Waals surface area contributed by atoms with Crippen molar-refractivity contribution in [3.63, 3.8) is 0 Å². The van der Waals surface area contributed by atoms with Crippen LogP contribution >= 0.6 is 0 Å². The molecule has 0 saturated carbocycles. The monoisotopic (exact) mass is 365 g/mol. The SMILES string of the molecule is C=CCN(CC(F)(F)F)C(=O)CCc1c(C)nc2c(C#N)cnn2c1C. The molecule has 6 nitrogen and oxygen atoms in total. The van der Waals surface area contributed by atoms with Gasteiger partial charge in [-0.15, -0.1) is 6.58 Å². The van der Waals surface area contributed by atoms with Crippen LogP contribution in [0, 0.1) is 25.2 Å². The quantitative estimate of drug-likeness (QED) is 0.738. The Labute approximate surface area is 148 Å². The maximum atomic E-state index is 12.6. The van der Waals surface area contributed by atoms with Gasteiger partial charge >= 0.3 is 6.18 Å². The highest BCUT2D eigenvalue weighted by atomic mass is 19.4. The van der Waals surface area contributed by atoms with Crippen LogP contribution in [-0.2, 0) is 11.2 Å². The fraction of sp³-hybridized carbons (Fsp3) is 0.412. The molecular weight excluding hydrogens is 347 g/mol. The number of hydrogen-bond donors (Lipinski definition) is 0. The zero-order chi connectivity index (χ0) is 19.5. The van der Waals surface area contributed by atoms with E-state index >= 15 is 0 Å². The number of hydrogen-bond acceptors (Lipinski definition) is 4. The average Bonchev–Trinajstić information content (AvgIpc) is 2.95. The molecule has 2 aromatic rings. The summed E-state index contributed by atoms with van der Waals surface area (Å²) < 4.78 is 39.3. The molecule has 0 spiro atoms. The van der Waals surface area contributed by atoms with Crippen molar-refractivity contribution in [2.45, 2.75) is 32.9 Å². The van der Waals surface area contributed by atoms with Crippen molar-refractivity contribution in [1.82, 2.24) is 19.5 Å². The zero-order valence-corrected chi connectivity index (χ0v) is 14.5. The summed E-state index contributed by atoms with van der Waals surface area (Å²) in [7, 11) is 0. The Kier molecular flexibility index (Phi) is 5.65. The van der Waals surface area contributed by atoms with E-state index in [1.54, 1.807) is 13.8 Å². The first kappa shape index (κ1) is 19.4. The number of nitrogens with zero attached hydrogens (tertiary/aromatic N) is 5. The van der Waals surface area contributed by atoms with Crippen molar-refractivity contribution in [1.29, 1.82) is 5.26 Å². The predicted molar refractivity (Wildman–Crippen MR) is 88.3 cm³/mol. The molecule has 0 aromatic carbocycles. The third-order valence-corrected chi connectivity index (χ3v) is 3.99. The number of aromatic nitrogens is 3. The second-order valence-corrected chi connectivity index (χ2v) is 5.84. The van der Waals surface area contributed by atoms with E-state index in [0.29, 0.717) is 22.6 Å². The molecule has 0 radical (unpaired) electrons. The molecule has 0 aliphatic carbocycles. The lowest BCUT2D eigenvalue weighted by Gasteiger charge is -2.23. The van der Waals surface area contributed by atoms with Crippen molar-refractivity contribution in [2.75, 3.05) is 13.1 Å². The lowest BCUT2D eigenvalue weighted by molar-refractivity contribution is -0.160. The molecule has 0 atom stereocenters. The summed E-state index contributed by atoms with van der Waals surface area (Å²) in [5, 5.41) is 13.2. The highest BCUT2D eigenvalue weighted by Crippen LogP contribution is 2.20. The van der Waals surface area contributed by atoms with Crippen LogP contribution in [0.4, 0.5) is 13.2 Å². The van der Waals surface area contributed by atoms with Crippen LogP contribution < -0.4 is 0 Å². The summed E-state index contributed by atoms with van der Waals surface area (Å²) in [6, 6.07) is 2.00. The lowest BCUT2D eigenvalue weighted by atomic mass is 10.1. The molecule has 0 saturated heterocycles. The Bertz CT molecular complexity index is 879. The fourth-order valence-corrected chi connectivity index (χ4v) is 2.77. The Hall–Kier alpha value is -2.89. The highest BCUT2D eigenvalue weighted by Gasteiger charge is 2.32. The van der Waals surface area contributed by atoms with Crippen LogP contribution in [-0.4, -0.2) is 44.7 Å². The van der Waals surface area contributed by atoms with E-state index in [0.717, 1.165) is 10.5 Å². The van der Waals surface area contributed by atoms with E-state index in [9.17, 15) is 18.0 Å². The molecule has 138 valence electrons. The van der Waals surface area contributed by atoms with Gasteiger partial charge in [0, 0.05) is 24.4 Å². The minimum absolute atomic E-state index is 0.0921. The molecule has 2 rings (SSSR count). The molecule has 0 aliphatic rings. The Morgan fingerprint density at radius 3 is 2.73 bits per heavy atom. The Morgan fingerprint density at radius 2 is 2.15 bits per heavy atom. The van der Waals surface area contributed by atoms with Crippen molar-refractivity contribution in [3.8, 4) is 6.07 Å². The standard InChI is InChI=1S/C17H18F3N5O/c1-4-7-24(10-17(18,19)20)15(26)6-5-14-11(2)23-16-13(8-21)9-22-25(16)12(14)3/h4,9H,1,5-7,10H2,2-3H3. The number of aryl methyl sites for hydroxylation is 2. The van der Waals surface area contributed by atoms with Crippen molar-refractivity contribution in [3.05, 3.63) is 41.4 Å². The van der Waals surface area contributed by atoms with Crippen LogP contribution in [0.15, 0.2) is 18.9 Å². The number of carbonyl (C=O) groups excluding carboxylic acids is 1. The van der Waals surface area contributed by atoms with Crippen LogP contribution in [0.2, 0.25) is 0 Å². The summed E-state index contributed by atoms with van der Waals surface area (Å²) in [6.45, 7) is 5.42. The minimum Gasteiger partial charge on any atom is -0.330 e. The van der Waals surface area contributed by atoms with Gasteiger partial charge in [0.05, 0.1) is 6.20 Å². The largest absolute Gasteiger partial charge is 0.406 e. The van der Waals surface area contributed by atoms with Gasteiger partial charge in [0.2, 0.25) is 5.91 Å². The first-order chi connectivity index (χ1) is 12.2. The second-order valence-electron chi connectivity index (χ2n) is 5.84. The number of carbonyl (C=O) groups is 1. The van der Waals surface area contributed by atoms with Crippen molar-refractivity contribution in [2.24, 2.45) is 0 Å². The van der Waals surface area contributed by atoms with Gasteiger partial charge < -0.3 is 4.90 Å². The summed E-state index contributed by atoms with van der Waals surface area (Å²) in [5.74, 6) is -0.612. The molecule has 0 aliphatic heterocycles. The molecule has 9 heteroatoms. The number of nitriles is 1. The summed E-state index contributed by atoms with van der Waals surface area (Å²) in [5.41, 5.74) is 2.80. The first-order valence-electron chi connectivity index (χ1n) is 7.87. The number of rotatable bonds is 6. The third-order valence-electron chi connectivity index (χ3n) is 3.99. The number of amides is 1. The van der Waals surface area contributed by atoms with E-state index in [2.05, 4.69) is 16.7 Å². The molecule has 0 fully saturated rings. The van der Waals surface area contributed by atoms with Gasteiger partial charge in [-0.25, -0.2) is 9.50 Å². The van der Waals surface area contributed by atoms with Crippen LogP contribution in [0.1, 0.15) is 28.9 Å². The third kappa shape index (κ3) is 4.20. The zero-order valence-electron chi connectivity index (χ0n) is 14.5. The topological polar surface area (TPSA) is 74.3 Å². The molecule has 1 amide bonds. The van der Waals surface area contributed by atoms with Gasteiger partial charge in [-0.1, -0.05) is 6.08 Å². The van der Waals surface area contributed by atoms with Crippen molar-refractivity contribution >= 4 is 11.6 Å².